The third kappa shape index (κ3) is 25.0. The monoisotopic (exact) mass is 650 g/mol. The molecule has 1 saturated heterocycles. The zero-order valence-corrected chi connectivity index (χ0v) is 31.4. The summed E-state index contributed by atoms with van der Waals surface area (Å²) >= 11 is 0. The maximum absolute atomic E-state index is 12.8. The number of rotatable bonds is 32. The molecule has 1 fully saturated rings. The van der Waals surface area contributed by atoms with Crippen molar-refractivity contribution < 1.29 is 19.1 Å². The van der Waals surface area contributed by atoms with Gasteiger partial charge in [0, 0.05) is 13.0 Å². The lowest BCUT2D eigenvalue weighted by atomic mass is 9.92. The first-order chi connectivity index (χ1) is 22.5. The number of likely N-dealkylation sites (tertiary alicyclic amines) is 1. The fraction of sp³-hybridized carbons (Fsp3) is 0.951. The van der Waals surface area contributed by atoms with Crippen molar-refractivity contribution in [2.24, 2.45) is 17.8 Å². The van der Waals surface area contributed by atoms with E-state index in [1.807, 2.05) is 0 Å². The predicted molar refractivity (Wildman–Crippen MR) is 196 cm³/mol. The van der Waals surface area contributed by atoms with Crippen LogP contribution in [-0.2, 0) is 19.1 Å². The number of hydrogen-bond acceptors (Lipinski definition) is 5. The Hall–Kier alpha value is -1.10. The molecule has 0 aromatic heterocycles. The molecule has 0 radical (unpaired) electrons. The molecule has 0 spiro atoms. The Bertz CT molecular complexity index is 688. The number of carbonyl (C=O) groups excluding carboxylic acids is 2. The van der Waals surface area contributed by atoms with Gasteiger partial charge in [-0.25, -0.2) is 0 Å². The summed E-state index contributed by atoms with van der Waals surface area (Å²) < 4.78 is 11.6. The van der Waals surface area contributed by atoms with Gasteiger partial charge in [-0.05, 0) is 64.0 Å². The van der Waals surface area contributed by atoms with Gasteiger partial charge in [-0.15, -0.1) is 0 Å². The normalized spacial score (nSPS) is 16.2. The second-order valence-corrected chi connectivity index (χ2v) is 14.9. The molecule has 0 amide bonds. The van der Waals surface area contributed by atoms with Crippen molar-refractivity contribution in [3.8, 4) is 0 Å². The third-order valence-corrected chi connectivity index (χ3v) is 10.3. The van der Waals surface area contributed by atoms with Crippen molar-refractivity contribution in [3.05, 3.63) is 0 Å². The van der Waals surface area contributed by atoms with E-state index in [-0.39, 0.29) is 17.9 Å². The molecule has 5 nitrogen and oxygen atoms in total. The molecule has 1 heterocycles. The average Bonchev–Trinajstić information content (AvgIpc) is 3.05. The number of ether oxygens (including phenoxy) is 2. The molecular formula is C41H79NO4. The van der Waals surface area contributed by atoms with Crippen molar-refractivity contribution in [2.75, 3.05) is 33.4 Å². The standard InChI is InChI=1S/C41H79NO4/c1-5-8-11-12-13-14-17-22-28-38(36-46-41(44)39-30-25-33-42(4)35-39)29-23-18-15-16-19-24-31-40(43)45-34-32-37(26-20-9-6-2)27-21-10-7-3/h37-39H,5-36H2,1-4H3/t38?,39-/m0/s1. The maximum Gasteiger partial charge on any atom is 0.310 e. The summed E-state index contributed by atoms with van der Waals surface area (Å²) in [5, 5.41) is 0. The van der Waals surface area contributed by atoms with Gasteiger partial charge in [0.05, 0.1) is 19.1 Å². The van der Waals surface area contributed by atoms with E-state index in [4.69, 9.17) is 9.47 Å². The number of nitrogens with zero attached hydrogens (tertiary/aromatic N) is 1. The van der Waals surface area contributed by atoms with E-state index in [1.165, 1.54) is 141 Å². The Kier molecular flexibility index (Phi) is 29.1. The molecule has 0 aliphatic carbocycles. The highest BCUT2D eigenvalue weighted by atomic mass is 16.5. The van der Waals surface area contributed by atoms with Gasteiger partial charge in [0.15, 0.2) is 0 Å². The lowest BCUT2D eigenvalue weighted by Crippen LogP contribution is -2.37. The Balaban J connectivity index is 2.22. The van der Waals surface area contributed by atoms with Crippen LogP contribution in [-0.4, -0.2) is 50.2 Å². The van der Waals surface area contributed by atoms with Crippen LogP contribution in [0.25, 0.3) is 0 Å². The SMILES string of the molecule is CCCCCCCCCCC(CCCCCCCCC(=O)OCCC(CCCCC)CCCCC)COC(=O)[C@H]1CCCN(C)C1. The lowest BCUT2D eigenvalue weighted by molar-refractivity contribution is -0.152. The number of piperidine rings is 1. The van der Waals surface area contributed by atoms with Crippen LogP contribution in [0.1, 0.15) is 201 Å². The number of esters is 2. The highest BCUT2D eigenvalue weighted by Gasteiger charge is 2.26. The van der Waals surface area contributed by atoms with Gasteiger partial charge in [-0.3, -0.25) is 9.59 Å². The van der Waals surface area contributed by atoms with E-state index < -0.39 is 0 Å². The number of hydrogen-bond donors (Lipinski definition) is 0. The van der Waals surface area contributed by atoms with Crippen LogP contribution >= 0.6 is 0 Å². The van der Waals surface area contributed by atoms with Crippen molar-refractivity contribution >= 4 is 11.9 Å². The van der Waals surface area contributed by atoms with E-state index >= 15 is 0 Å². The van der Waals surface area contributed by atoms with E-state index in [1.54, 1.807) is 0 Å². The second kappa shape index (κ2) is 31.2. The van der Waals surface area contributed by atoms with Gasteiger partial charge < -0.3 is 14.4 Å². The van der Waals surface area contributed by atoms with Gasteiger partial charge in [0.1, 0.15) is 0 Å². The maximum atomic E-state index is 12.8. The van der Waals surface area contributed by atoms with E-state index in [0.717, 1.165) is 51.1 Å². The van der Waals surface area contributed by atoms with Gasteiger partial charge in [0.25, 0.3) is 0 Å². The first-order valence-electron chi connectivity index (χ1n) is 20.5. The van der Waals surface area contributed by atoms with Crippen LogP contribution in [0.2, 0.25) is 0 Å². The fourth-order valence-electron chi connectivity index (χ4n) is 7.17. The molecular weight excluding hydrogens is 570 g/mol. The molecule has 0 bridgehead atoms. The summed E-state index contributed by atoms with van der Waals surface area (Å²) in [5.41, 5.74) is 0. The van der Waals surface area contributed by atoms with Crippen molar-refractivity contribution in [2.45, 2.75) is 201 Å². The molecule has 1 rings (SSSR count). The molecule has 1 unspecified atom stereocenters. The number of carbonyl (C=O) groups is 2. The van der Waals surface area contributed by atoms with Gasteiger partial charge in [-0.1, -0.05) is 156 Å². The molecule has 0 N–H and O–H groups in total. The van der Waals surface area contributed by atoms with E-state index in [0.29, 0.717) is 25.6 Å². The first kappa shape index (κ1) is 42.9. The van der Waals surface area contributed by atoms with Crippen LogP contribution in [0.4, 0.5) is 0 Å². The molecule has 1 aliphatic heterocycles. The molecule has 0 saturated carbocycles. The van der Waals surface area contributed by atoms with Crippen molar-refractivity contribution in [3.63, 3.8) is 0 Å². The van der Waals surface area contributed by atoms with Crippen molar-refractivity contribution in [1.29, 1.82) is 0 Å². The zero-order valence-electron chi connectivity index (χ0n) is 31.4. The molecule has 5 heteroatoms. The number of unbranched alkanes of at least 4 members (excludes halogenated alkanes) is 16. The Morgan fingerprint density at radius 1 is 0.609 bits per heavy atom. The summed E-state index contributed by atoms with van der Waals surface area (Å²) in [5.74, 6) is 1.31. The average molecular weight is 650 g/mol. The summed E-state index contributed by atoms with van der Waals surface area (Å²) in [4.78, 5) is 27.3. The molecule has 0 aromatic carbocycles. The third-order valence-electron chi connectivity index (χ3n) is 10.3. The molecule has 0 aromatic rings. The van der Waals surface area contributed by atoms with Crippen LogP contribution < -0.4 is 0 Å². The van der Waals surface area contributed by atoms with E-state index in [9.17, 15) is 9.59 Å². The minimum Gasteiger partial charge on any atom is -0.466 e. The Morgan fingerprint density at radius 2 is 1.09 bits per heavy atom. The summed E-state index contributed by atoms with van der Waals surface area (Å²) in [6, 6.07) is 0. The molecule has 272 valence electrons. The first-order valence-corrected chi connectivity index (χ1v) is 20.5. The van der Waals surface area contributed by atoms with E-state index in [2.05, 4.69) is 32.7 Å². The largest absolute Gasteiger partial charge is 0.466 e. The van der Waals surface area contributed by atoms with Crippen LogP contribution in [0.15, 0.2) is 0 Å². The Labute approximate surface area is 287 Å². The lowest BCUT2D eigenvalue weighted by Gasteiger charge is -2.28. The van der Waals surface area contributed by atoms with Crippen LogP contribution in [0.5, 0.6) is 0 Å². The van der Waals surface area contributed by atoms with Crippen LogP contribution in [0.3, 0.4) is 0 Å². The Morgan fingerprint density at radius 3 is 1.65 bits per heavy atom. The summed E-state index contributed by atoms with van der Waals surface area (Å²) in [7, 11) is 2.11. The topological polar surface area (TPSA) is 55.8 Å². The van der Waals surface area contributed by atoms with Gasteiger partial charge in [0.2, 0.25) is 0 Å². The molecule has 46 heavy (non-hydrogen) atoms. The quantitative estimate of drug-likeness (QED) is 0.0536. The molecule has 2 atom stereocenters. The minimum atomic E-state index is -0.000846. The predicted octanol–water partition coefficient (Wildman–Crippen LogP) is 11.8. The zero-order chi connectivity index (χ0) is 33.5. The van der Waals surface area contributed by atoms with Crippen LogP contribution in [0, 0.1) is 17.8 Å². The second-order valence-electron chi connectivity index (χ2n) is 14.9. The minimum absolute atomic E-state index is 0.000846. The highest BCUT2D eigenvalue weighted by Crippen LogP contribution is 2.23. The fourth-order valence-corrected chi connectivity index (χ4v) is 7.17. The smallest absolute Gasteiger partial charge is 0.310 e. The van der Waals surface area contributed by atoms with Gasteiger partial charge >= 0.3 is 11.9 Å². The molecule has 1 aliphatic rings. The summed E-state index contributed by atoms with van der Waals surface area (Å²) in [6.45, 7) is 9.96. The van der Waals surface area contributed by atoms with Gasteiger partial charge in [-0.2, -0.15) is 0 Å². The summed E-state index contributed by atoms with van der Waals surface area (Å²) in [6.07, 6.45) is 34.1. The highest BCUT2D eigenvalue weighted by molar-refractivity contribution is 5.72. The van der Waals surface area contributed by atoms with Crippen molar-refractivity contribution in [1.82, 2.24) is 4.90 Å².